The van der Waals surface area contributed by atoms with Gasteiger partial charge in [-0.2, -0.15) is 15.0 Å². The van der Waals surface area contributed by atoms with E-state index in [1.165, 1.54) is 0 Å². The highest BCUT2D eigenvalue weighted by Crippen LogP contribution is 2.28. The van der Waals surface area contributed by atoms with E-state index >= 15 is 0 Å². The molecule has 1 saturated heterocycles. The third kappa shape index (κ3) is 4.02. The van der Waals surface area contributed by atoms with Gasteiger partial charge in [-0.25, -0.2) is 4.98 Å². The fraction of sp³-hybridized carbons (Fsp3) is 0.200. The zero-order valence-corrected chi connectivity index (χ0v) is 19.1. The summed E-state index contributed by atoms with van der Waals surface area (Å²) in [6.45, 7) is 2.76. The van der Waals surface area contributed by atoms with Crippen molar-refractivity contribution in [3.05, 3.63) is 83.5 Å². The van der Waals surface area contributed by atoms with Gasteiger partial charge in [0, 0.05) is 59.6 Å². The Bertz CT molecular complexity index is 1450. The summed E-state index contributed by atoms with van der Waals surface area (Å²) >= 11 is 6.20. The van der Waals surface area contributed by atoms with Crippen molar-refractivity contribution >= 4 is 28.5 Å². The van der Waals surface area contributed by atoms with Crippen LogP contribution in [0.3, 0.4) is 0 Å². The number of fused-ring (bicyclic) bond motifs is 1. The van der Waals surface area contributed by atoms with Crippen molar-refractivity contribution in [3.63, 3.8) is 0 Å². The second-order valence-corrected chi connectivity index (χ2v) is 8.56. The van der Waals surface area contributed by atoms with Gasteiger partial charge in [-0.1, -0.05) is 35.9 Å². The lowest BCUT2D eigenvalue weighted by Crippen LogP contribution is -2.37. The molecule has 0 atom stereocenters. The highest BCUT2D eigenvalue weighted by Gasteiger charge is 2.20. The maximum atomic E-state index is 6.20. The van der Waals surface area contributed by atoms with Crippen molar-refractivity contribution in [2.45, 2.75) is 6.42 Å². The van der Waals surface area contributed by atoms with E-state index in [1.807, 2.05) is 65.5 Å². The molecule has 0 amide bonds. The highest BCUT2D eigenvalue weighted by molar-refractivity contribution is 6.30. The summed E-state index contributed by atoms with van der Waals surface area (Å²) in [5, 5.41) is 1.77. The second-order valence-electron chi connectivity index (χ2n) is 8.12. The summed E-state index contributed by atoms with van der Waals surface area (Å²) in [7, 11) is 0. The smallest absolute Gasteiger partial charge is 0.240 e. The second kappa shape index (κ2) is 8.89. The third-order valence-corrected chi connectivity index (χ3v) is 6.16. The Kier molecular flexibility index (Phi) is 5.44. The monoisotopic (exact) mass is 471 g/mol. The molecular weight excluding hydrogens is 450 g/mol. The Hall–Kier alpha value is -3.75. The number of nitrogens with zero attached hydrogens (tertiary/aromatic N) is 6. The summed E-state index contributed by atoms with van der Waals surface area (Å²) in [6.07, 6.45) is 6.19. The molecule has 9 heteroatoms. The number of ether oxygens (including phenoxy) is 1. The molecule has 1 fully saturated rings. The SMILES string of the molecule is Clc1cccc(Cc2nccn2-c2nc(-c3cccc4[nH]ccc34)nc(N3CCOCC3)n2)c1. The number of hydrogen-bond acceptors (Lipinski definition) is 6. The first-order valence-corrected chi connectivity index (χ1v) is 11.5. The molecule has 0 aliphatic carbocycles. The number of aromatic nitrogens is 6. The van der Waals surface area contributed by atoms with Crippen LogP contribution in [0.5, 0.6) is 0 Å². The maximum absolute atomic E-state index is 6.20. The van der Waals surface area contributed by atoms with Gasteiger partial charge in [-0.05, 0) is 29.8 Å². The van der Waals surface area contributed by atoms with E-state index in [9.17, 15) is 0 Å². The maximum Gasteiger partial charge on any atom is 0.240 e. The summed E-state index contributed by atoms with van der Waals surface area (Å²) in [5.41, 5.74) is 3.06. The molecule has 170 valence electrons. The van der Waals surface area contributed by atoms with E-state index in [-0.39, 0.29) is 0 Å². The molecule has 0 saturated carbocycles. The average Bonchev–Trinajstić information content (AvgIpc) is 3.54. The Balaban J connectivity index is 1.47. The first-order chi connectivity index (χ1) is 16.7. The van der Waals surface area contributed by atoms with Gasteiger partial charge in [-0.15, -0.1) is 0 Å². The first kappa shape index (κ1) is 20.8. The fourth-order valence-corrected chi connectivity index (χ4v) is 4.46. The molecular formula is C25H22ClN7O. The largest absolute Gasteiger partial charge is 0.378 e. The van der Waals surface area contributed by atoms with Crippen LogP contribution in [0.2, 0.25) is 5.02 Å². The molecule has 0 spiro atoms. The zero-order valence-electron chi connectivity index (χ0n) is 18.4. The molecule has 4 heterocycles. The van der Waals surface area contributed by atoms with Crippen molar-refractivity contribution in [1.29, 1.82) is 0 Å². The quantitative estimate of drug-likeness (QED) is 0.411. The first-order valence-electron chi connectivity index (χ1n) is 11.2. The van der Waals surface area contributed by atoms with Gasteiger partial charge in [0.2, 0.25) is 11.9 Å². The summed E-state index contributed by atoms with van der Waals surface area (Å²) < 4.78 is 7.46. The van der Waals surface area contributed by atoms with Gasteiger partial charge < -0.3 is 14.6 Å². The molecule has 2 aromatic carbocycles. The van der Waals surface area contributed by atoms with Crippen LogP contribution in [0.1, 0.15) is 11.4 Å². The number of halogens is 1. The Morgan fingerprint density at radius 2 is 1.82 bits per heavy atom. The van der Waals surface area contributed by atoms with Crippen molar-refractivity contribution in [2.24, 2.45) is 0 Å². The Morgan fingerprint density at radius 1 is 0.971 bits per heavy atom. The van der Waals surface area contributed by atoms with Crippen molar-refractivity contribution in [3.8, 4) is 17.3 Å². The van der Waals surface area contributed by atoms with Crippen LogP contribution in [0, 0.1) is 0 Å². The minimum Gasteiger partial charge on any atom is -0.378 e. The van der Waals surface area contributed by atoms with E-state index in [4.69, 9.17) is 31.3 Å². The Labute approximate surface area is 201 Å². The van der Waals surface area contributed by atoms with Gasteiger partial charge in [0.15, 0.2) is 5.82 Å². The lowest BCUT2D eigenvalue weighted by atomic mass is 10.1. The summed E-state index contributed by atoms with van der Waals surface area (Å²) in [4.78, 5) is 24.6. The lowest BCUT2D eigenvalue weighted by Gasteiger charge is -2.27. The van der Waals surface area contributed by atoms with E-state index in [2.05, 4.69) is 14.9 Å². The van der Waals surface area contributed by atoms with Crippen LogP contribution in [0.25, 0.3) is 28.2 Å². The van der Waals surface area contributed by atoms with Gasteiger partial charge >= 0.3 is 0 Å². The van der Waals surface area contributed by atoms with Crippen LogP contribution in [0.4, 0.5) is 5.95 Å². The van der Waals surface area contributed by atoms with Crippen LogP contribution < -0.4 is 4.90 Å². The number of aromatic amines is 1. The fourth-order valence-electron chi connectivity index (χ4n) is 4.24. The topological polar surface area (TPSA) is 84.8 Å². The van der Waals surface area contributed by atoms with E-state index < -0.39 is 0 Å². The van der Waals surface area contributed by atoms with E-state index in [0.717, 1.165) is 40.9 Å². The van der Waals surface area contributed by atoms with Crippen LogP contribution in [0.15, 0.2) is 67.1 Å². The zero-order chi connectivity index (χ0) is 22.9. The molecule has 34 heavy (non-hydrogen) atoms. The molecule has 6 rings (SSSR count). The van der Waals surface area contributed by atoms with Gasteiger partial charge in [0.05, 0.1) is 13.2 Å². The summed E-state index contributed by atoms with van der Waals surface area (Å²) in [6, 6.07) is 15.9. The number of H-pyrrole nitrogens is 1. The minimum absolute atomic E-state index is 0.536. The number of hydrogen-bond donors (Lipinski definition) is 1. The number of benzene rings is 2. The highest BCUT2D eigenvalue weighted by atomic mass is 35.5. The number of morpholine rings is 1. The van der Waals surface area contributed by atoms with Crippen molar-refractivity contribution < 1.29 is 4.74 Å². The van der Waals surface area contributed by atoms with Crippen molar-refractivity contribution in [1.82, 2.24) is 29.5 Å². The molecule has 5 aromatic rings. The van der Waals surface area contributed by atoms with Crippen molar-refractivity contribution in [2.75, 3.05) is 31.2 Å². The van der Waals surface area contributed by atoms with E-state index in [0.29, 0.717) is 42.4 Å². The molecule has 1 N–H and O–H groups in total. The van der Waals surface area contributed by atoms with Crippen LogP contribution in [-0.4, -0.2) is 55.8 Å². The van der Waals surface area contributed by atoms with Gasteiger partial charge in [0.1, 0.15) is 5.82 Å². The molecule has 0 unspecified atom stereocenters. The molecule has 1 aliphatic rings. The third-order valence-electron chi connectivity index (χ3n) is 5.93. The van der Waals surface area contributed by atoms with Crippen LogP contribution >= 0.6 is 11.6 Å². The molecule has 0 radical (unpaired) electrons. The summed E-state index contributed by atoms with van der Waals surface area (Å²) in [5.74, 6) is 2.62. The molecule has 8 nitrogen and oxygen atoms in total. The minimum atomic E-state index is 0.536. The Morgan fingerprint density at radius 3 is 2.71 bits per heavy atom. The normalized spacial score (nSPS) is 14.1. The van der Waals surface area contributed by atoms with Gasteiger partial charge in [-0.3, -0.25) is 4.57 Å². The molecule has 3 aromatic heterocycles. The number of nitrogens with one attached hydrogen (secondary N) is 1. The molecule has 0 bridgehead atoms. The predicted octanol–water partition coefficient (Wildman–Crippen LogP) is 4.29. The average molecular weight is 472 g/mol. The van der Waals surface area contributed by atoms with Gasteiger partial charge in [0.25, 0.3) is 0 Å². The predicted molar refractivity (Wildman–Crippen MR) is 132 cm³/mol. The standard InChI is InChI=1S/C25H22ClN7O/c26-18-4-1-3-17(15-18)16-22-28-9-10-33(22)25-30-23(20-5-2-6-21-19(20)7-8-27-21)29-24(31-25)32-11-13-34-14-12-32/h1-10,15,27H,11-14,16H2. The number of imidazole rings is 1. The van der Waals surface area contributed by atoms with E-state index in [1.54, 1.807) is 6.20 Å². The number of rotatable bonds is 5. The van der Waals surface area contributed by atoms with Crippen LogP contribution in [-0.2, 0) is 11.2 Å². The number of anilines is 1. The lowest BCUT2D eigenvalue weighted by molar-refractivity contribution is 0.122. The molecule has 1 aliphatic heterocycles.